The summed E-state index contributed by atoms with van der Waals surface area (Å²) >= 11 is 4.58. The first-order valence-electron chi connectivity index (χ1n) is 5.64. The Kier molecular flexibility index (Phi) is 10.8. The second-order valence-corrected chi connectivity index (χ2v) is 4.48. The summed E-state index contributed by atoms with van der Waals surface area (Å²) in [6, 6.07) is 0. The standard InChI is InChI=1S/C10H24BNS/c1-2-3-4-5-7-10(13)8-6-9-12-11/h10,12-13H,2-9,11H2,1H3. The fourth-order valence-electron chi connectivity index (χ4n) is 1.47. The molecule has 13 heavy (non-hydrogen) atoms. The molecule has 0 spiro atoms. The molecule has 1 atom stereocenters. The van der Waals surface area contributed by atoms with Crippen molar-refractivity contribution in [2.24, 2.45) is 0 Å². The minimum atomic E-state index is 0.630. The Morgan fingerprint density at radius 2 is 1.85 bits per heavy atom. The normalized spacial score (nSPS) is 13.1. The van der Waals surface area contributed by atoms with E-state index in [0.717, 1.165) is 6.54 Å². The zero-order chi connectivity index (χ0) is 9.94. The topological polar surface area (TPSA) is 12.0 Å². The SMILES string of the molecule is BNCCCC(S)CCCCCC. The van der Waals surface area contributed by atoms with Crippen molar-refractivity contribution in [2.75, 3.05) is 6.54 Å². The molecular formula is C10H24BNS. The molecule has 0 radical (unpaired) electrons. The van der Waals surface area contributed by atoms with E-state index >= 15 is 0 Å². The van der Waals surface area contributed by atoms with Crippen molar-refractivity contribution in [2.45, 2.75) is 57.1 Å². The smallest absolute Gasteiger partial charge is 0.181 e. The third-order valence-electron chi connectivity index (χ3n) is 2.36. The molecule has 0 heterocycles. The molecule has 0 fully saturated rings. The van der Waals surface area contributed by atoms with Gasteiger partial charge in [-0.25, -0.2) is 0 Å². The maximum Gasteiger partial charge on any atom is 0.181 e. The second-order valence-electron chi connectivity index (χ2n) is 3.75. The van der Waals surface area contributed by atoms with Crippen molar-refractivity contribution < 1.29 is 0 Å². The average Bonchev–Trinajstić information content (AvgIpc) is 2.13. The molecule has 0 aliphatic carbocycles. The molecule has 0 rings (SSSR count). The monoisotopic (exact) mass is 201 g/mol. The van der Waals surface area contributed by atoms with Crippen LogP contribution in [0.4, 0.5) is 0 Å². The van der Waals surface area contributed by atoms with Crippen LogP contribution in [0.5, 0.6) is 0 Å². The van der Waals surface area contributed by atoms with Gasteiger partial charge in [-0.05, 0) is 25.8 Å². The van der Waals surface area contributed by atoms with Crippen LogP contribution in [0.2, 0.25) is 0 Å². The van der Waals surface area contributed by atoms with Crippen molar-refractivity contribution in [1.29, 1.82) is 0 Å². The summed E-state index contributed by atoms with van der Waals surface area (Å²) in [5.41, 5.74) is 0. The Balaban J connectivity index is 3.05. The van der Waals surface area contributed by atoms with Crippen LogP contribution in [0.25, 0.3) is 0 Å². The molecule has 0 aliphatic rings. The lowest BCUT2D eigenvalue weighted by molar-refractivity contribution is 0.587. The highest BCUT2D eigenvalue weighted by Gasteiger charge is 2.01. The van der Waals surface area contributed by atoms with Gasteiger partial charge in [0.2, 0.25) is 0 Å². The molecule has 0 saturated carbocycles. The zero-order valence-electron chi connectivity index (χ0n) is 9.18. The molecule has 0 aromatic carbocycles. The number of hydrogen-bond donors (Lipinski definition) is 2. The number of hydrogen-bond acceptors (Lipinski definition) is 2. The molecule has 78 valence electrons. The van der Waals surface area contributed by atoms with Crippen molar-refractivity contribution in [3.63, 3.8) is 0 Å². The van der Waals surface area contributed by atoms with Crippen LogP contribution < -0.4 is 5.23 Å². The van der Waals surface area contributed by atoms with E-state index in [-0.39, 0.29) is 0 Å². The van der Waals surface area contributed by atoms with E-state index in [9.17, 15) is 0 Å². The van der Waals surface area contributed by atoms with E-state index < -0.39 is 0 Å². The van der Waals surface area contributed by atoms with E-state index in [1.165, 1.54) is 44.9 Å². The van der Waals surface area contributed by atoms with Gasteiger partial charge in [-0.15, -0.1) is 0 Å². The first-order valence-corrected chi connectivity index (χ1v) is 6.15. The first kappa shape index (κ1) is 13.4. The van der Waals surface area contributed by atoms with E-state index in [4.69, 9.17) is 0 Å². The van der Waals surface area contributed by atoms with Crippen molar-refractivity contribution >= 4 is 20.6 Å². The maximum atomic E-state index is 4.58. The molecule has 1 unspecified atom stereocenters. The van der Waals surface area contributed by atoms with E-state index in [1.54, 1.807) is 0 Å². The quantitative estimate of drug-likeness (QED) is 0.331. The van der Waals surface area contributed by atoms with Crippen molar-refractivity contribution in [3.8, 4) is 0 Å². The van der Waals surface area contributed by atoms with Gasteiger partial charge >= 0.3 is 0 Å². The van der Waals surface area contributed by atoms with Gasteiger partial charge in [-0.3, -0.25) is 0 Å². The Labute approximate surface area is 89.9 Å². The molecular weight excluding hydrogens is 177 g/mol. The van der Waals surface area contributed by atoms with Crippen LogP contribution in [-0.2, 0) is 0 Å². The van der Waals surface area contributed by atoms with Crippen LogP contribution in [0.15, 0.2) is 0 Å². The van der Waals surface area contributed by atoms with Crippen LogP contribution in [0.3, 0.4) is 0 Å². The average molecular weight is 201 g/mol. The lowest BCUT2D eigenvalue weighted by Crippen LogP contribution is -2.11. The van der Waals surface area contributed by atoms with Gasteiger partial charge in [0.15, 0.2) is 7.98 Å². The summed E-state index contributed by atoms with van der Waals surface area (Å²) in [5.74, 6) is 0. The van der Waals surface area contributed by atoms with Crippen molar-refractivity contribution in [3.05, 3.63) is 0 Å². The number of thiol groups is 1. The summed E-state index contributed by atoms with van der Waals surface area (Å²) in [4.78, 5) is 0. The van der Waals surface area contributed by atoms with Gasteiger partial charge in [-0.2, -0.15) is 12.6 Å². The number of rotatable bonds is 9. The van der Waals surface area contributed by atoms with Gasteiger partial charge in [0.25, 0.3) is 0 Å². The Hall–Kier alpha value is 0.375. The number of unbranched alkanes of at least 4 members (excludes halogenated alkanes) is 3. The fraction of sp³-hybridized carbons (Fsp3) is 1.00. The summed E-state index contributed by atoms with van der Waals surface area (Å²) in [6.45, 7) is 3.39. The highest BCUT2D eigenvalue weighted by atomic mass is 32.1. The van der Waals surface area contributed by atoms with Gasteiger partial charge < -0.3 is 5.23 Å². The zero-order valence-corrected chi connectivity index (χ0v) is 10.1. The molecule has 0 aliphatic heterocycles. The predicted octanol–water partition coefficient (Wildman–Crippen LogP) is 2.17. The van der Waals surface area contributed by atoms with Gasteiger partial charge in [-0.1, -0.05) is 32.6 Å². The Bertz CT molecular complexity index is 101. The van der Waals surface area contributed by atoms with Gasteiger partial charge in [0, 0.05) is 5.25 Å². The summed E-state index contributed by atoms with van der Waals surface area (Å²) < 4.78 is 0. The highest BCUT2D eigenvalue weighted by Crippen LogP contribution is 2.13. The number of nitrogens with one attached hydrogen (secondary N) is 1. The largest absolute Gasteiger partial charge is 0.362 e. The predicted molar refractivity (Wildman–Crippen MR) is 67.3 cm³/mol. The molecule has 1 N–H and O–H groups in total. The lowest BCUT2D eigenvalue weighted by atomic mass is 10.1. The molecule has 0 amide bonds. The molecule has 0 aromatic heterocycles. The van der Waals surface area contributed by atoms with Crippen LogP contribution in [-0.4, -0.2) is 19.8 Å². The van der Waals surface area contributed by atoms with E-state index in [0.29, 0.717) is 5.25 Å². The first-order chi connectivity index (χ1) is 6.31. The van der Waals surface area contributed by atoms with Crippen molar-refractivity contribution in [1.82, 2.24) is 5.23 Å². The van der Waals surface area contributed by atoms with E-state index in [2.05, 4.69) is 24.8 Å². The molecule has 0 aromatic rings. The molecule has 0 bridgehead atoms. The van der Waals surface area contributed by atoms with Gasteiger partial charge in [0.05, 0.1) is 0 Å². The molecule has 0 saturated heterocycles. The van der Waals surface area contributed by atoms with Gasteiger partial charge in [0.1, 0.15) is 0 Å². The summed E-state index contributed by atoms with van der Waals surface area (Å²) in [6.07, 6.45) is 9.29. The highest BCUT2D eigenvalue weighted by molar-refractivity contribution is 7.80. The third-order valence-corrected chi connectivity index (χ3v) is 2.87. The van der Waals surface area contributed by atoms with Crippen LogP contribution in [0, 0.1) is 0 Å². The molecule has 3 heteroatoms. The maximum absolute atomic E-state index is 4.58. The lowest BCUT2D eigenvalue weighted by Gasteiger charge is -2.09. The minimum Gasteiger partial charge on any atom is -0.362 e. The molecule has 1 nitrogen and oxygen atoms in total. The minimum absolute atomic E-state index is 0.630. The van der Waals surface area contributed by atoms with E-state index in [1.807, 2.05) is 7.98 Å². The Morgan fingerprint density at radius 1 is 1.15 bits per heavy atom. The van der Waals surface area contributed by atoms with Crippen LogP contribution in [0.1, 0.15) is 51.9 Å². The summed E-state index contributed by atoms with van der Waals surface area (Å²) in [7, 11) is 2.01. The van der Waals surface area contributed by atoms with Crippen LogP contribution >= 0.6 is 12.6 Å². The third kappa shape index (κ3) is 10.3. The second kappa shape index (κ2) is 10.5. The Morgan fingerprint density at radius 3 is 2.46 bits per heavy atom. The summed E-state index contributed by atoms with van der Waals surface area (Å²) in [5, 5.41) is 3.80. The fourth-order valence-corrected chi connectivity index (χ4v) is 1.83.